The smallest absolute Gasteiger partial charge is 0.254 e. The summed E-state index contributed by atoms with van der Waals surface area (Å²) in [5, 5.41) is 15.1. The number of rotatable bonds is 2. The van der Waals surface area contributed by atoms with Crippen LogP contribution in [0.25, 0.3) is 22.2 Å². The van der Waals surface area contributed by atoms with E-state index in [0.29, 0.717) is 17.7 Å². The van der Waals surface area contributed by atoms with Crippen LogP contribution in [-0.2, 0) is 13.1 Å². The Bertz CT molecular complexity index is 1360. The number of hydrogen-bond donors (Lipinski definition) is 2. The number of pyridine rings is 1. The number of benzene rings is 1. The fourth-order valence-electron chi connectivity index (χ4n) is 4.72. The molecule has 2 N–H and O–H groups in total. The molecule has 0 fully saturated rings. The molecule has 1 unspecified atom stereocenters. The third-order valence-corrected chi connectivity index (χ3v) is 6.31. The molecule has 1 aliphatic rings. The molecule has 164 valence electrons. The molecular weight excluding hydrogens is 409 g/mol. The Hall–Kier alpha value is -3.52. The van der Waals surface area contributed by atoms with Gasteiger partial charge in [-0.15, -0.1) is 0 Å². The zero-order valence-electron chi connectivity index (χ0n) is 18.2. The number of aromatic amines is 1. The van der Waals surface area contributed by atoms with Crippen LogP contribution in [0.5, 0.6) is 0 Å². The van der Waals surface area contributed by atoms with Gasteiger partial charge in [-0.05, 0) is 42.3 Å². The molecule has 1 aromatic carbocycles. The lowest BCUT2D eigenvalue weighted by molar-refractivity contribution is 0.0780. The van der Waals surface area contributed by atoms with Crippen LogP contribution in [0, 0.1) is 12.7 Å². The van der Waals surface area contributed by atoms with Crippen LogP contribution in [-0.4, -0.2) is 49.3 Å². The van der Waals surface area contributed by atoms with Crippen molar-refractivity contribution in [3.63, 3.8) is 0 Å². The lowest BCUT2D eigenvalue weighted by atomic mass is 9.88. The Labute approximate surface area is 184 Å². The highest BCUT2D eigenvalue weighted by atomic mass is 19.1. The number of halogens is 1. The Kier molecular flexibility index (Phi) is 4.82. The van der Waals surface area contributed by atoms with Crippen LogP contribution in [0.15, 0.2) is 36.7 Å². The lowest BCUT2D eigenvalue weighted by Gasteiger charge is -2.23. The number of H-pyrrole nitrogens is 1. The fraction of sp³-hybridized carbons (Fsp3) is 0.292. The van der Waals surface area contributed by atoms with Crippen molar-refractivity contribution in [3.05, 3.63) is 70.6 Å². The molecule has 4 heterocycles. The van der Waals surface area contributed by atoms with Gasteiger partial charge in [0.1, 0.15) is 11.5 Å². The number of fused-ring (bicyclic) bond motifs is 4. The molecule has 3 aromatic heterocycles. The number of hydrogen-bond acceptors (Lipinski definition) is 4. The molecule has 1 amide bonds. The molecule has 32 heavy (non-hydrogen) atoms. The summed E-state index contributed by atoms with van der Waals surface area (Å²) in [6.45, 7) is 4.44. The van der Waals surface area contributed by atoms with Crippen LogP contribution in [0.1, 0.15) is 45.7 Å². The van der Waals surface area contributed by atoms with E-state index in [9.17, 15) is 14.3 Å². The normalized spacial score (nSPS) is 16.1. The largest absolute Gasteiger partial charge is 0.394 e. The van der Waals surface area contributed by atoms with Crippen molar-refractivity contribution in [3.8, 4) is 11.1 Å². The predicted octanol–water partition coefficient (Wildman–Crippen LogP) is 3.60. The number of aromatic nitrogens is 4. The van der Waals surface area contributed by atoms with E-state index in [1.165, 1.54) is 12.1 Å². The van der Waals surface area contributed by atoms with Gasteiger partial charge in [-0.1, -0.05) is 6.92 Å². The molecule has 0 spiro atoms. The zero-order chi connectivity index (χ0) is 22.6. The highest BCUT2D eigenvalue weighted by Crippen LogP contribution is 2.37. The van der Waals surface area contributed by atoms with E-state index in [4.69, 9.17) is 0 Å². The standard InChI is InChI=1S/C24H24FN5O2/c1-13-18-9-16(25)4-5-17(18)24(32)29(3)12-21-22(14(2)28-30(21)6-7-31)15-8-19-20(13)11-27-23(19)26-10-15/h4-5,8-11,13,31H,6-7,12H2,1-3H3,(H,26,27). The van der Waals surface area contributed by atoms with Gasteiger partial charge in [0.25, 0.3) is 5.91 Å². The van der Waals surface area contributed by atoms with Crippen molar-refractivity contribution in [2.75, 3.05) is 13.7 Å². The Balaban J connectivity index is 1.83. The first-order valence-corrected chi connectivity index (χ1v) is 10.6. The van der Waals surface area contributed by atoms with Crippen molar-refractivity contribution in [1.82, 2.24) is 24.6 Å². The van der Waals surface area contributed by atoms with Gasteiger partial charge in [-0.25, -0.2) is 9.37 Å². The van der Waals surface area contributed by atoms with Gasteiger partial charge in [0.15, 0.2) is 0 Å². The fourth-order valence-corrected chi connectivity index (χ4v) is 4.72. The first-order chi connectivity index (χ1) is 15.4. The zero-order valence-corrected chi connectivity index (χ0v) is 18.2. The molecule has 2 bridgehead atoms. The third kappa shape index (κ3) is 3.10. The average Bonchev–Trinajstić information content (AvgIpc) is 3.32. The minimum atomic E-state index is -0.379. The van der Waals surface area contributed by atoms with E-state index in [2.05, 4.69) is 21.1 Å². The van der Waals surface area contributed by atoms with Crippen LogP contribution < -0.4 is 0 Å². The van der Waals surface area contributed by atoms with Gasteiger partial charge in [0, 0.05) is 47.4 Å². The predicted molar refractivity (Wildman–Crippen MR) is 119 cm³/mol. The minimum absolute atomic E-state index is 0.0654. The van der Waals surface area contributed by atoms with Crippen molar-refractivity contribution >= 4 is 16.9 Å². The Morgan fingerprint density at radius 3 is 2.88 bits per heavy atom. The van der Waals surface area contributed by atoms with Crippen molar-refractivity contribution in [2.45, 2.75) is 32.9 Å². The molecular formula is C24H24FN5O2. The summed E-state index contributed by atoms with van der Waals surface area (Å²) in [5.74, 6) is -0.793. The summed E-state index contributed by atoms with van der Waals surface area (Å²) in [7, 11) is 1.73. The molecule has 7 nitrogen and oxygen atoms in total. The second-order valence-corrected chi connectivity index (χ2v) is 8.33. The van der Waals surface area contributed by atoms with Gasteiger partial charge in [-0.2, -0.15) is 5.10 Å². The molecule has 5 rings (SSSR count). The molecule has 1 aliphatic heterocycles. The van der Waals surface area contributed by atoms with Crippen molar-refractivity contribution < 1.29 is 14.3 Å². The van der Waals surface area contributed by atoms with Crippen LogP contribution in [0.4, 0.5) is 4.39 Å². The van der Waals surface area contributed by atoms with Gasteiger partial charge in [0.2, 0.25) is 0 Å². The summed E-state index contributed by atoms with van der Waals surface area (Å²) in [6, 6.07) is 6.40. The van der Waals surface area contributed by atoms with Gasteiger partial charge >= 0.3 is 0 Å². The number of amides is 1. The number of nitrogens with zero attached hydrogens (tertiary/aromatic N) is 4. The van der Waals surface area contributed by atoms with Gasteiger partial charge < -0.3 is 15.0 Å². The van der Waals surface area contributed by atoms with E-state index in [0.717, 1.165) is 39.1 Å². The highest BCUT2D eigenvalue weighted by Gasteiger charge is 2.27. The number of carbonyl (C=O) groups is 1. The SMILES string of the molecule is Cc1nn(CCO)c2c1-c1cnc3[nH]cc(c3c1)C(C)c1cc(F)ccc1C(=O)N(C)C2. The van der Waals surface area contributed by atoms with E-state index in [1.807, 2.05) is 20.0 Å². The molecule has 0 saturated carbocycles. The molecule has 4 aromatic rings. The van der Waals surface area contributed by atoms with Crippen molar-refractivity contribution in [1.29, 1.82) is 0 Å². The first kappa shape index (κ1) is 20.4. The quantitative estimate of drug-likeness (QED) is 0.506. The summed E-state index contributed by atoms with van der Waals surface area (Å²) in [4.78, 5) is 22.9. The second-order valence-electron chi connectivity index (χ2n) is 8.33. The van der Waals surface area contributed by atoms with Crippen LogP contribution in [0.3, 0.4) is 0 Å². The highest BCUT2D eigenvalue weighted by molar-refractivity contribution is 5.96. The molecule has 0 aliphatic carbocycles. The average molecular weight is 433 g/mol. The van der Waals surface area contributed by atoms with E-state index < -0.39 is 0 Å². The number of aliphatic hydroxyl groups excluding tert-OH is 1. The summed E-state index contributed by atoms with van der Waals surface area (Å²) >= 11 is 0. The Morgan fingerprint density at radius 2 is 2.09 bits per heavy atom. The summed E-state index contributed by atoms with van der Waals surface area (Å²) in [5.41, 5.74) is 6.20. The maximum absolute atomic E-state index is 14.2. The molecule has 0 saturated heterocycles. The maximum Gasteiger partial charge on any atom is 0.254 e. The Morgan fingerprint density at radius 1 is 1.28 bits per heavy atom. The van der Waals surface area contributed by atoms with E-state index in [1.54, 1.807) is 28.9 Å². The molecule has 8 heteroatoms. The monoisotopic (exact) mass is 433 g/mol. The number of aliphatic hydroxyl groups is 1. The molecule has 0 radical (unpaired) electrons. The van der Waals surface area contributed by atoms with Crippen LogP contribution in [0.2, 0.25) is 0 Å². The number of nitrogens with one attached hydrogen (secondary N) is 1. The van der Waals surface area contributed by atoms with Gasteiger partial charge in [-0.3, -0.25) is 9.48 Å². The topological polar surface area (TPSA) is 87.0 Å². The molecule has 1 atom stereocenters. The van der Waals surface area contributed by atoms with Gasteiger partial charge in [0.05, 0.1) is 31.1 Å². The minimum Gasteiger partial charge on any atom is -0.394 e. The van der Waals surface area contributed by atoms with E-state index >= 15 is 0 Å². The number of carbonyl (C=O) groups excluding carboxylic acids is 1. The lowest BCUT2D eigenvalue weighted by Crippen LogP contribution is -2.29. The van der Waals surface area contributed by atoms with Crippen molar-refractivity contribution in [2.24, 2.45) is 0 Å². The van der Waals surface area contributed by atoms with Crippen LogP contribution >= 0.6 is 0 Å². The summed E-state index contributed by atoms with van der Waals surface area (Å²) in [6.07, 6.45) is 3.68. The third-order valence-electron chi connectivity index (χ3n) is 6.31. The summed E-state index contributed by atoms with van der Waals surface area (Å²) < 4.78 is 16.0. The number of aryl methyl sites for hydroxylation is 1. The maximum atomic E-state index is 14.2. The second kappa shape index (κ2) is 7.56. The first-order valence-electron chi connectivity index (χ1n) is 10.6. The van der Waals surface area contributed by atoms with E-state index in [-0.39, 0.29) is 30.8 Å².